The fraction of sp³-hybridized carbons (Fsp3) is 0.955. The van der Waals surface area contributed by atoms with Gasteiger partial charge in [-0.1, -0.05) is 426 Å². The number of aliphatic hydroxyl groups excluding tert-OH is 1. The first kappa shape index (κ1) is 105. The maximum atomic E-state index is 13.2. The zero-order valence-corrected chi connectivity index (χ0v) is 72.1. The van der Waals surface area contributed by atoms with Crippen LogP contribution in [-0.4, -0.2) is 96.7 Å². The van der Waals surface area contributed by atoms with Gasteiger partial charge >= 0.3 is 39.5 Å². The number of aliphatic hydroxyl groups is 1. The molecule has 0 rings (SSSR count). The molecule has 0 bridgehead atoms. The average Bonchev–Trinajstić information content (AvgIpc) is 0.900. The standard InChI is InChI=1S/C88H172O17P2/c1-6-10-13-16-19-22-24-26-28-30-35-39-43-47-52-57-62-67-72-86(91)99-78-84(105-88(93)74-69-64-59-54-49-45-41-37-33-32-34-38-42-46-51-55-60-65-70-81(5)9-4)80-103-107(96,97)101-76-82(89)75-100-106(94,95)102-79-83(77-98-85(90)71-66-61-56-50-21-18-15-12-8-3)104-87(92)73-68-63-58-53-48-44-40-36-31-29-27-25-23-20-17-14-11-7-2/h81-84,89H,6-80H2,1-5H3,(H,94,95)(H,96,97)/t81?,82-,83+,84+/m0/s1. The third-order valence-electron chi connectivity index (χ3n) is 21.1. The van der Waals surface area contributed by atoms with E-state index in [1.54, 1.807) is 0 Å². The predicted molar refractivity (Wildman–Crippen MR) is 442 cm³/mol. The number of phosphoric acid groups is 2. The van der Waals surface area contributed by atoms with Crippen LogP contribution in [0.5, 0.6) is 0 Å². The van der Waals surface area contributed by atoms with E-state index in [2.05, 4.69) is 34.6 Å². The number of unbranched alkanes of at least 4 members (excludes halogenated alkanes) is 59. The quantitative estimate of drug-likeness (QED) is 0.0222. The van der Waals surface area contributed by atoms with E-state index < -0.39 is 97.5 Å². The Morgan fingerprint density at radius 2 is 0.449 bits per heavy atom. The molecule has 107 heavy (non-hydrogen) atoms. The normalized spacial score (nSPS) is 14.0. The molecule has 0 aromatic carbocycles. The molecule has 0 saturated heterocycles. The van der Waals surface area contributed by atoms with Gasteiger partial charge in [0.15, 0.2) is 12.2 Å². The lowest BCUT2D eigenvalue weighted by atomic mass is 9.99. The van der Waals surface area contributed by atoms with E-state index in [4.69, 9.17) is 37.0 Å². The van der Waals surface area contributed by atoms with E-state index in [-0.39, 0.29) is 25.7 Å². The van der Waals surface area contributed by atoms with Gasteiger partial charge in [0, 0.05) is 25.7 Å². The van der Waals surface area contributed by atoms with Gasteiger partial charge in [-0.15, -0.1) is 0 Å². The Balaban J connectivity index is 5.20. The van der Waals surface area contributed by atoms with Crippen molar-refractivity contribution in [1.82, 2.24) is 0 Å². The van der Waals surface area contributed by atoms with E-state index in [0.29, 0.717) is 25.7 Å². The van der Waals surface area contributed by atoms with Crippen molar-refractivity contribution in [2.45, 2.75) is 496 Å². The Kier molecular flexibility index (Phi) is 79.2. The lowest BCUT2D eigenvalue weighted by Gasteiger charge is -2.21. The summed E-state index contributed by atoms with van der Waals surface area (Å²) in [7, 11) is -9.93. The van der Waals surface area contributed by atoms with Gasteiger partial charge in [-0.2, -0.15) is 0 Å². The van der Waals surface area contributed by atoms with Gasteiger partial charge < -0.3 is 33.8 Å². The van der Waals surface area contributed by atoms with Crippen LogP contribution in [0.2, 0.25) is 0 Å². The lowest BCUT2D eigenvalue weighted by Crippen LogP contribution is -2.30. The number of rotatable bonds is 88. The number of ether oxygens (including phenoxy) is 4. The molecule has 17 nitrogen and oxygen atoms in total. The fourth-order valence-corrected chi connectivity index (χ4v) is 15.4. The summed E-state index contributed by atoms with van der Waals surface area (Å²) in [5, 5.41) is 10.7. The summed E-state index contributed by atoms with van der Waals surface area (Å²) < 4.78 is 68.9. The second-order valence-corrected chi connectivity index (χ2v) is 34.8. The van der Waals surface area contributed by atoms with Crippen LogP contribution in [0.1, 0.15) is 478 Å². The number of carbonyl (C=O) groups is 4. The van der Waals surface area contributed by atoms with Gasteiger partial charge in [0.05, 0.1) is 26.4 Å². The van der Waals surface area contributed by atoms with Crippen molar-refractivity contribution in [3.8, 4) is 0 Å². The number of hydrogen-bond acceptors (Lipinski definition) is 15. The number of hydrogen-bond donors (Lipinski definition) is 3. The summed E-state index contributed by atoms with van der Waals surface area (Å²) in [4.78, 5) is 73.2. The second-order valence-electron chi connectivity index (χ2n) is 31.9. The molecule has 6 atom stereocenters. The smallest absolute Gasteiger partial charge is 0.462 e. The van der Waals surface area contributed by atoms with Gasteiger partial charge in [0.1, 0.15) is 19.3 Å². The molecule has 19 heteroatoms. The third-order valence-corrected chi connectivity index (χ3v) is 23.0. The molecule has 636 valence electrons. The molecule has 0 aromatic rings. The van der Waals surface area contributed by atoms with E-state index in [9.17, 15) is 43.2 Å². The Morgan fingerprint density at radius 3 is 0.664 bits per heavy atom. The van der Waals surface area contributed by atoms with Gasteiger partial charge in [-0.3, -0.25) is 37.3 Å². The molecule has 0 aliphatic heterocycles. The average molecular weight is 1560 g/mol. The molecule has 0 heterocycles. The van der Waals surface area contributed by atoms with Crippen LogP contribution in [-0.2, 0) is 65.4 Å². The Bertz CT molecular complexity index is 2030. The zero-order chi connectivity index (χ0) is 78.3. The van der Waals surface area contributed by atoms with Crippen molar-refractivity contribution in [1.29, 1.82) is 0 Å². The lowest BCUT2D eigenvalue weighted by molar-refractivity contribution is -0.161. The van der Waals surface area contributed by atoms with Crippen LogP contribution in [0.4, 0.5) is 0 Å². The molecule has 3 unspecified atom stereocenters. The van der Waals surface area contributed by atoms with Crippen molar-refractivity contribution in [2.75, 3.05) is 39.6 Å². The molecule has 0 aliphatic rings. The summed E-state index contributed by atoms with van der Waals surface area (Å²) in [5.41, 5.74) is 0. The minimum absolute atomic E-state index is 0.109. The molecule has 0 aromatic heterocycles. The van der Waals surface area contributed by atoms with Crippen LogP contribution >= 0.6 is 15.6 Å². The molecule has 0 spiro atoms. The molecule has 3 N–H and O–H groups in total. The zero-order valence-electron chi connectivity index (χ0n) is 70.3. The van der Waals surface area contributed by atoms with Gasteiger partial charge in [-0.05, 0) is 31.6 Å². The highest BCUT2D eigenvalue weighted by Crippen LogP contribution is 2.45. The first-order valence-electron chi connectivity index (χ1n) is 45.7. The van der Waals surface area contributed by atoms with Crippen molar-refractivity contribution >= 4 is 39.5 Å². The van der Waals surface area contributed by atoms with Crippen molar-refractivity contribution in [2.24, 2.45) is 5.92 Å². The monoisotopic (exact) mass is 1560 g/mol. The fourth-order valence-electron chi connectivity index (χ4n) is 13.8. The van der Waals surface area contributed by atoms with E-state index in [1.807, 2.05) is 0 Å². The van der Waals surface area contributed by atoms with Gasteiger partial charge in [0.25, 0.3) is 0 Å². The van der Waals surface area contributed by atoms with Gasteiger partial charge in [-0.25, -0.2) is 9.13 Å². The predicted octanol–water partition coefficient (Wildman–Crippen LogP) is 27.2. The Morgan fingerprint density at radius 1 is 0.262 bits per heavy atom. The number of esters is 4. The van der Waals surface area contributed by atoms with Crippen LogP contribution in [0.15, 0.2) is 0 Å². The summed E-state index contributed by atoms with van der Waals surface area (Å²) in [5.74, 6) is -1.23. The van der Waals surface area contributed by atoms with Crippen LogP contribution in [0.3, 0.4) is 0 Å². The highest BCUT2D eigenvalue weighted by molar-refractivity contribution is 7.47. The van der Waals surface area contributed by atoms with Crippen LogP contribution in [0.25, 0.3) is 0 Å². The van der Waals surface area contributed by atoms with E-state index in [1.165, 1.54) is 302 Å². The highest BCUT2D eigenvalue weighted by Gasteiger charge is 2.30. The largest absolute Gasteiger partial charge is 0.472 e. The minimum Gasteiger partial charge on any atom is -0.462 e. The summed E-state index contributed by atoms with van der Waals surface area (Å²) in [6.45, 7) is 7.43. The minimum atomic E-state index is -4.97. The van der Waals surface area contributed by atoms with E-state index >= 15 is 0 Å². The molecular weight excluding hydrogens is 1390 g/mol. The van der Waals surface area contributed by atoms with Crippen molar-refractivity contribution < 1.29 is 80.2 Å². The number of carbonyl (C=O) groups excluding carboxylic acids is 4. The Hall–Kier alpha value is -1.94. The Labute approximate surface area is 658 Å². The maximum absolute atomic E-state index is 13.2. The summed E-state index contributed by atoms with van der Waals surface area (Å²) >= 11 is 0. The topological polar surface area (TPSA) is 237 Å². The van der Waals surface area contributed by atoms with Gasteiger partial charge in [0.2, 0.25) is 0 Å². The molecule has 0 radical (unpaired) electrons. The molecular formula is C88H172O17P2. The molecule has 0 amide bonds. The SMILES string of the molecule is CCCCCCCCCCCCCCCCCCCCC(=O)OC[C@H](COP(=O)(O)OC[C@@H](O)COP(=O)(O)OC[C@@H](COC(=O)CCCCCCCCCCC)OC(=O)CCCCCCCCCCCCCCCCCCCC)OC(=O)CCCCCCCCCCCCCCCCCCCCC(C)CC. The second kappa shape index (κ2) is 80.7. The van der Waals surface area contributed by atoms with Crippen molar-refractivity contribution in [3.63, 3.8) is 0 Å². The molecule has 0 aliphatic carbocycles. The summed E-state index contributed by atoms with van der Waals surface area (Å²) in [6.07, 6.45) is 75.0. The molecule has 0 fully saturated rings. The summed E-state index contributed by atoms with van der Waals surface area (Å²) in [6, 6.07) is 0. The third kappa shape index (κ3) is 80.5. The first-order valence-corrected chi connectivity index (χ1v) is 48.7. The molecule has 0 saturated carbocycles. The highest BCUT2D eigenvalue weighted by atomic mass is 31.2. The van der Waals surface area contributed by atoms with Crippen LogP contribution in [0, 0.1) is 5.92 Å². The van der Waals surface area contributed by atoms with Crippen LogP contribution < -0.4 is 0 Å². The first-order chi connectivity index (χ1) is 52.1. The van der Waals surface area contributed by atoms with E-state index in [0.717, 1.165) is 95.8 Å². The number of phosphoric ester groups is 2. The van der Waals surface area contributed by atoms with Crippen molar-refractivity contribution in [3.05, 3.63) is 0 Å². The maximum Gasteiger partial charge on any atom is 0.472 e.